The molecule has 0 aliphatic rings. The molecule has 0 radical (unpaired) electrons. The van der Waals surface area contributed by atoms with Crippen molar-refractivity contribution in [1.82, 2.24) is 15.1 Å². The van der Waals surface area contributed by atoms with Crippen LogP contribution in [-0.2, 0) is 11.8 Å². The molecule has 1 heterocycles. The topological polar surface area (TPSA) is 76.4 Å². The number of aromatic nitrogens is 2. The Kier molecular flexibility index (Phi) is 4.59. The molecule has 1 amide bonds. The lowest BCUT2D eigenvalue weighted by molar-refractivity contribution is 0.0243. The number of rotatable bonds is 6. The Morgan fingerprint density at radius 2 is 2.19 bits per heavy atom. The minimum absolute atomic E-state index is 0.153. The average molecular weight is 291 g/mol. The molecule has 0 saturated carbocycles. The first-order chi connectivity index (χ1) is 9.94. The summed E-state index contributed by atoms with van der Waals surface area (Å²) < 4.78 is 6.62. The van der Waals surface area contributed by atoms with Crippen molar-refractivity contribution in [3.8, 4) is 0 Å². The number of amides is 1. The summed E-state index contributed by atoms with van der Waals surface area (Å²) in [5, 5.41) is 17.9. The molecule has 1 aromatic heterocycles. The smallest absolute Gasteiger partial charge is 0.272 e. The van der Waals surface area contributed by atoms with Crippen LogP contribution < -0.4 is 5.32 Å². The van der Waals surface area contributed by atoms with Crippen LogP contribution in [0.15, 0.2) is 24.3 Å². The van der Waals surface area contributed by atoms with Crippen LogP contribution in [0.2, 0.25) is 0 Å². The van der Waals surface area contributed by atoms with Gasteiger partial charge in [-0.15, -0.1) is 0 Å². The molecule has 6 nitrogen and oxygen atoms in total. The molecule has 0 aliphatic carbocycles. The van der Waals surface area contributed by atoms with Crippen LogP contribution in [0.1, 0.15) is 23.8 Å². The van der Waals surface area contributed by atoms with Crippen molar-refractivity contribution in [2.45, 2.75) is 18.9 Å². The molecule has 2 rings (SSSR count). The number of para-hydroxylation sites is 1. The number of hydrogen-bond acceptors (Lipinski definition) is 4. The number of benzene rings is 1. The maximum absolute atomic E-state index is 12.3. The quantitative estimate of drug-likeness (QED) is 0.835. The van der Waals surface area contributed by atoms with Gasteiger partial charge in [-0.1, -0.05) is 18.2 Å². The van der Waals surface area contributed by atoms with Gasteiger partial charge in [-0.2, -0.15) is 5.10 Å². The predicted molar refractivity (Wildman–Crippen MR) is 80.2 cm³/mol. The van der Waals surface area contributed by atoms with E-state index in [1.807, 2.05) is 24.3 Å². The highest BCUT2D eigenvalue weighted by Crippen LogP contribution is 2.17. The summed E-state index contributed by atoms with van der Waals surface area (Å²) in [6.45, 7) is 2.26. The molecule has 0 aliphatic heterocycles. The Balaban J connectivity index is 2.09. The van der Waals surface area contributed by atoms with E-state index in [4.69, 9.17) is 4.74 Å². The summed E-state index contributed by atoms with van der Waals surface area (Å²) in [7, 11) is 3.38. The van der Waals surface area contributed by atoms with Gasteiger partial charge in [0.2, 0.25) is 0 Å². The van der Waals surface area contributed by atoms with Crippen molar-refractivity contribution < 1.29 is 14.6 Å². The van der Waals surface area contributed by atoms with Crippen LogP contribution in [0, 0.1) is 0 Å². The van der Waals surface area contributed by atoms with E-state index in [2.05, 4.69) is 10.4 Å². The molecule has 6 heteroatoms. The molecule has 21 heavy (non-hydrogen) atoms. The Labute approximate surface area is 123 Å². The first-order valence-electron chi connectivity index (χ1n) is 6.86. The molecule has 1 atom stereocenters. The zero-order valence-corrected chi connectivity index (χ0v) is 12.6. The summed E-state index contributed by atoms with van der Waals surface area (Å²) in [6.07, 6.45) is 0.451. The fraction of sp³-hybridized carbons (Fsp3) is 0.467. The zero-order chi connectivity index (χ0) is 15.5. The van der Waals surface area contributed by atoms with Crippen molar-refractivity contribution in [3.63, 3.8) is 0 Å². The molecule has 0 spiro atoms. The number of ether oxygens (including phenoxy) is 1. The summed E-state index contributed by atoms with van der Waals surface area (Å²) in [6, 6.07) is 7.55. The van der Waals surface area contributed by atoms with E-state index in [1.165, 1.54) is 0 Å². The van der Waals surface area contributed by atoms with Gasteiger partial charge in [-0.05, 0) is 13.0 Å². The number of aryl methyl sites for hydroxylation is 1. The predicted octanol–water partition coefficient (Wildman–Crippen LogP) is 1.09. The highest BCUT2D eigenvalue weighted by molar-refractivity contribution is 6.04. The van der Waals surface area contributed by atoms with Gasteiger partial charge in [0.1, 0.15) is 0 Å². The first kappa shape index (κ1) is 15.5. The second kappa shape index (κ2) is 6.24. The Hall–Kier alpha value is -1.92. The van der Waals surface area contributed by atoms with E-state index in [1.54, 1.807) is 25.8 Å². The molecule has 0 saturated heterocycles. The lowest BCUT2D eigenvalue weighted by Gasteiger charge is -2.22. The Bertz CT molecular complexity index is 634. The van der Waals surface area contributed by atoms with Gasteiger partial charge in [0, 0.05) is 39.1 Å². The van der Waals surface area contributed by atoms with Crippen LogP contribution in [-0.4, -0.2) is 46.7 Å². The van der Waals surface area contributed by atoms with Crippen molar-refractivity contribution in [1.29, 1.82) is 0 Å². The molecule has 1 unspecified atom stereocenters. The molecule has 0 fully saturated rings. The van der Waals surface area contributed by atoms with E-state index in [-0.39, 0.29) is 12.5 Å². The van der Waals surface area contributed by atoms with Crippen molar-refractivity contribution >= 4 is 16.8 Å². The number of aliphatic hydroxyl groups is 1. The summed E-state index contributed by atoms with van der Waals surface area (Å²) in [5.41, 5.74) is 0.264. The van der Waals surface area contributed by atoms with Gasteiger partial charge in [0.15, 0.2) is 5.69 Å². The van der Waals surface area contributed by atoms with Gasteiger partial charge in [-0.25, -0.2) is 0 Å². The standard InChI is InChI=1S/C15H21N3O3/c1-15(20,8-9-21-3)10-16-14(19)13-11-6-4-5-7-12(11)18(2)17-13/h4-7,20H,8-10H2,1-3H3,(H,16,19). The van der Waals surface area contributed by atoms with E-state index in [9.17, 15) is 9.90 Å². The normalized spacial score (nSPS) is 14.1. The number of carbonyl (C=O) groups is 1. The molecular weight excluding hydrogens is 270 g/mol. The van der Waals surface area contributed by atoms with Crippen molar-refractivity contribution in [2.24, 2.45) is 7.05 Å². The highest BCUT2D eigenvalue weighted by Gasteiger charge is 2.23. The maximum Gasteiger partial charge on any atom is 0.272 e. The second-order valence-electron chi connectivity index (χ2n) is 5.41. The fourth-order valence-electron chi connectivity index (χ4n) is 2.15. The van der Waals surface area contributed by atoms with E-state index in [0.29, 0.717) is 18.7 Å². The lowest BCUT2D eigenvalue weighted by atomic mass is 10.0. The van der Waals surface area contributed by atoms with Crippen LogP contribution in [0.4, 0.5) is 0 Å². The van der Waals surface area contributed by atoms with Crippen LogP contribution >= 0.6 is 0 Å². The fourth-order valence-corrected chi connectivity index (χ4v) is 2.15. The lowest BCUT2D eigenvalue weighted by Crippen LogP contribution is -2.41. The van der Waals surface area contributed by atoms with Gasteiger partial charge < -0.3 is 15.2 Å². The highest BCUT2D eigenvalue weighted by atomic mass is 16.5. The number of methoxy groups -OCH3 is 1. The molecule has 2 N–H and O–H groups in total. The minimum Gasteiger partial charge on any atom is -0.388 e. The Morgan fingerprint density at radius 1 is 1.48 bits per heavy atom. The third kappa shape index (κ3) is 3.59. The average Bonchev–Trinajstić information content (AvgIpc) is 2.81. The number of hydrogen-bond donors (Lipinski definition) is 2. The third-order valence-corrected chi connectivity index (χ3v) is 3.45. The molecular formula is C15H21N3O3. The number of nitrogens with zero attached hydrogens (tertiary/aromatic N) is 2. The monoisotopic (exact) mass is 291 g/mol. The van der Waals surface area contributed by atoms with Crippen LogP contribution in [0.3, 0.4) is 0 Å². The number of fused-ring (bicyclic) bond motifs is 1. The van der Waals surface area contributed by atoms with Gasteiger partial charge in [0.05, 0.1) is 11.1 Å². The van der Waals surface area contributed by atoms with E-state index < -0.39 is 5.60 Å². The first-order valence-corrected chi connectivity index (χ1v) is 6.86. The SMILES string of the molecule is COCCC(C)(O)CNC(=O)c1nn(C)c2ccccc12. The molecule has 114 valence electrons. The zero-order valence-electron chi connectivity index (χ0n) is 12.6. The van der Waals surface area contributed by atoms with Crippen molar-refractivity contribution in [3.05, 3.63) is 30.0 Å². The number of carbonyl (C=O) groups excluding carboxylic acids is 1. The number of nitrogens with one attached hydrogen (secondary N) is 1. The third-order valence-electron chi connectivity index (χ3n) is 3.45. The van der Waals surface area contributed by atoms with E-state index in [0.717, 1.165) is 10.9 Å². The summed E-state index contributed by atoms with van der Waals surface area (Å²) in [4.78, 5) is 12.3. The summed E-state index contributed by atoms with van der Waals surface area (Å²) in [5.74, 6) is -0.288. The largest absolute Gasteiger partial charge is 0.388 e. The van der Waals surface area contributed by atoms with Gasteiger partial charge in [0.25, 0.3) is 5.91 Å². The molecule has 0 bridgehead atoms. The summed E-state index contributed by atoms with van der Waals surface area (Å²) >= 11 is 0. The van der Waals surface area contributed by atoms with Gasteiger partial charge >= 0.3 is 0 Å². The van der Waals surface area contributed by atoms with Crippen LogP contribution in [0.25, 0.3) is 10.9 Å². The second-order valence-corrected chi connectivity index (χ2v) is 5.41. The Morgan fingerprint density at radius 3 is 2.90 bits per heavy atom. The van der Waals surface area contributed by atoms with Crippen LogP contribution in [0.5, 0.6) is 0 Å². The molecule has 1 aromatic carbocycles. The molecule has 2 aromatic rings. The van der Waals surface area contributed by atoms with Gasteiger partial charge in [-0.3, -0.25) is 9.48 Å². The van der Waals surface area contributed by atoms with E-state index >= 15 is 0 Å². The van der Waals surface area contributed by atoms with Crippen molar-refractivity contribution in [2.75, 3.05) is 20.3 Å². The maximum atomic E-state index is 12.3. The minimum atomic E-state index is -1.00.